The average molecular weight is 320 g/mol. The summed E-state index contributed by atoms with van der Waals surface area (Å²) < 4.78 is 12.8. The third-order valence-corrected chi connectivity index (χ3v) is 4.36. The van der Waals surface area contributed by atoms with E-state index in [0.29, 0.717) is 11.2 Å². The molecule has 0 aromatic heterocycles. The third kappa shape index (κ3) is 4.91. The summed E-state index contributed by atoms with van der Waals surface area (Å²) in [5.74, 6) is -0.561. The Morgan fingerprint density at radius 2 is 1.91 bits per heavy atom. The van der Waals surface area contributed by atoms with Gasteiger partial charge in [0.1, 0.15) is 5.82 Å². The van der Waals surface area contributed by atoms with Gasteiger partial charge in [0.25, 0.3) is 0 Å². The van der Waals surface area contributed by atoms with Crippen LogP contribution in [0.5, 0.6) is 0 Å². The molecule has 0 bridgehead atoms. The maximum atomic E-state index is 12.8. The van der Waals surface area contributed by atoms with Gasteiger partial charge in [0.05, 0.1) is 0 Å². The van der Waals surface area contributed by atoms with Crippen molar-refractivity contribution in [2.45, 2.75) is 38.1 Å². The van der Waals surface area contributed by atoms with Crippen LogP contribution in [0.3, 0.4) is 0 Å². The molecule has 1 aromatic carbocycles. The van der Waals surface area contributed by atoms with Crippen molar-refractivity contribution < 1.29 is 9.18 Å². The summed E-state index contributed by atoms with van der Waals surface area (Å²) in [5, 5.41) is 3.18. The molecule has 0 unspecified atom stereocenters. The molecule has 0 saturated heterocycles. The predicted octanol–water partition coefficient (Wildman–Crippen LogP) is 3.50. The largest absolute Gasteiger partial charge is 0.349 e. The molecule has 1 N–H and O–H groups in total. The maximum absolute atomic E-state index is 12.8. The van der Waals surface area contributed by atoms with E-state index in [1.165, 1.54) is 37.5 Å². The Morgan fingerprint density at radius 1 is 1.27 bits per heavy atom. The monoisotopic (exact) mass is 320 g/mol. The topological polar surface area (TPSA) is 32.3 Å². The molecule has 0 spiro atoms. The molecule has 5 heteroatoms. The number of amides is 1. The van der Waals surface area contributed by atoms with Crippen LogP contribution in [0.2, 0.25) is 0 Å². The molecule has 0 heterocycles. The molecule has 2 rings (SSSR count). The number of carbonyl (C=O) groups excluding carboxylic acids is 1. The summed E-state index contributed by atoms with van der Waals surface area (Å²) >= 11 is 5.29. The van der Waals surface area contributed by atoms with E-state index in [9.17, 15) is 9.18 Å². The van der Waals surface area contributed by atoms with Gasteiger partial charge in [0.2, 0.25) is 5.91 Å². The number of rotatable bonds is 3. The Hall–Kier alpha value is -1.75. The minimum atomic E-state index is -0.295. The van der Waals surface area contributed by atoms with Gasteiger partial charge in [0, 0.05) is 19.2 Å². The number of nitrogens with one attached hydrogen (secondary N) is 1. The van der Waals surface area contributed by atoms with E-state index in [0.717, 1.165) is 18.4 Å². The number of hydrogen-bond donors (Lipinski definition) is 1. The Morgan fingerprint density at radius 3 is 2.55 bits per heavy atom. The molecule has 1 amide bonds. The van der Waals surface area contributed by atoms with Crippen molar-refractivity contribution in [2.75, 3.05) is 7.05 Å². The van der Waals surface area contributed by atoms with Crippen LogP contribution in [0.4, 0.5) is 4.39 Å². The number of hydrogen-bond acceptors (Lipinski definition) is 2. The second kappa shape index (κ2) is 8.03. The minimum Gasteiger partial charge on any atom is -0.349 e. The number of carbonyl (C=O) groups is 1. The van der Waals surface area contributed by atoms with Crippen LogP contribution in [-0.2, 0) is 4.79 Å². The Balaban J connectivity index is 1.85. The Bertz CT molecular complexity index is 550. The van der Waals surface area contributed by atoms with Gasteiger partial charge in [-0.05, 0) is 48.8 Å². The van der Waals surface area contributed by atoms with E-state index >= 15 is 0 Å². The fourth-order valence-corrected chi connectivity index (χ4v) is 2.86. The van der Waals surface area contributed by atoms with Gasteiger partial charge in [0.15, 0.2) is 5.11 Å². The van der Waals surface area contributed by atoms with Gasteiger partial charge in [-0.1, -0.05) is 31.4 Å². The molecule has 1 aliphatic rings. The predicted molar refractivity (Wildman–Crippen MR) is 90.8 cm³/mol. The lowest BCUT2D eigenvalue weighted by Crippen LogP contribution is -2.45. The fourth-order valence-electron chi connectivity index (χ4n) is 2.62. The van der Waals surface area contributed by atoms with E-state index in [2.05, 4.69) is 5.32 Å². The molecule has 1 fully saturated rings. The third-order valence-electron chi connectivity index (χ3n) is 3.97. The summed E-state index contributed by atoms with van der Waals surface area (Å²) in [6, 6.07) is 6.37. The van der Waals surface area contributed by atoms with Crippen molar-refractivity contribution in [3.63, 3.8) is 0 Å². The first kappa shape index (κ1) is 16.6. The van der Waals surface area contributed by atoms with Crippen molar-refractivity contribution in [3.05, 3.63) is 41.7 Å². The SMILES string of the molecule is CN(C(=S)NC(=O)C=Cc1ccc(F)cc1)C1CCCCC1. The van der Waals surface area contributed by atoms with Crippen molar-refractivity contribution in [2.24, 2.45) is 0 Å². The molecule has 3 nitrogen and oxygen atoms in total. The van der Waals surface area contributed by atoms with Gasteiger partial charge in [-0.3, -0.25) is 10.1 Å². The van der Waals surface area contributed by atoms with Gasteiger partial charge in [-0.25, -0.2) is 4.39 Å². The van der Waals surface area contributed by atoms with E-state index < -0.39 is 0 Å². The highest BCUT2D eigenvalue weighted by Crippen LogP contribution is 2.21. The van der Waals surface area contributed by atoms with Crippen LogP contribution in [0, 0.1) is 5.82 Å². The highest BCUT2D eigenvalue weighted by molar-refractivity contribution is 7.80. The number of benzene rings is 1. The zero-order chi connectivity index (χ0) is 15.9. The highest BCUT2D eigenvalue weighted by Gasteiger charge is 2.20. The molecular weight excluding hydrogens is 299 g/mol. The lowest BCUT2D eigenvalue weighted by atomic mass is 9.95. The first-order chi connectivity index (χ1) is 10.6. The van der Waals surface area contributed by atoms with Gasteiger partial charge < -0.3 is 4.90 Å². The normalized spacial score (nSPS) is 15.7. The quantitative estimate of drug-likeness (QED) is 0.683. The second-order valence-electron chi connectivity index (χ2n) is 5.58. The average Bonchev–Trinajstić information content (AvgIpc) is 2.54. The van der Waals surface area contributed by atoms with Crippen LogP contribution >= 0.6 is 12.2 Å². The molecule has 1 aliphatic carbocycles. The van der Waals surface area contributed by atoms with Gasteiger partial charge in [-0.15, -0.1) is 0 Å². The van der Waals surface area contributed by atoms with Crippen molar-refractivity contribution >= 4 is 29.3 Å². The molecular formula is C17H21FN2OS. The molecule has 22 heavy (non-hydrogen) atoms. The van der Waals surface area contributed by atoms with Crippen LogP contribution in [0.15, 0.2) is 30.3 Å². The van der Waals surface area contributed by atoms with Crippen molar-refractivity contribution in [1.82, 2.24) is 10.2 Å². The standard InChI is InChI=1S/C17H21FN2OS/c1-20(15-5-3-2-4-6-15)17(22)19-16(21)12-9-13-7-10-14(18)11-8-13/h7-12,15H,2-6H2,1H3,(H,19,21,22). The second-order valence-corrected chi connectivity index (χ2v) is 5.97. The highest BCUT2D eigenvalue weighted by atomic mass is 32.1. The van der Waals surface area contributed by atoms with Crippen molar-refractivity contribution in [1.29, 1.82) is 0 Å². The first-order valence-corrected chi connectivity index (χ1v) is 7.98. The summed E-state index contributed by atoms with van der Waals surface area (Å²) in [7, 11) is 1.93. The molecule has 0 atom stereocenters. The van der Waals surface area contributed by atoms with E-state index in [4.69, 9.17) is 12.2 Å². The minimum absolute atomic E-state index is 0.267. The smallest absolute Gasteiger partial charge is 0.250 e. The zero-order valence-corrected chi connectivity index (χ0v) is 13.5. The molecule has 118 valence electrons. The molecule has 0 radical (unpaired) electrons. The summed E-state index contributed by atoms with van der Waals surface area (Å²) in [6.45, 7) is 0. The Labute approximate surface area is 136 Å². The Kier molecular flexibility index (Phi) is 6.07. The van der Waals surface area contributed by atoms with Crippen LogP contribution in [0.25, 0.3) is 6.08 Å². The van der Waals surface area contributed by atoms with E-state index in [1.807, 2.05) is 11.9 Å². The molecule has 1 aromatic rings. The van der Waals surface area contributed by atoms with Gasteiger partial charge >= 0.3 is 0 Å². The van der Waals surface area contributed by atoms with Crippen LogP contribution in [-0.4, -0.2) is 29.0 Å². The van der Waals surface area contributed by atoms with E-state index in [1.54, 1.807) is 18.2 Å². The van der Waals surface area contributed by atoms with Crippen LogP contribution in [0.1, 0.15) is 37.7 Å². The molecule has 1 saturated carbocycles. The maximum Gasteiger partial charge on any atom is 0.250 e. The van der Waals surface area contributed by atoms with Gasteiger partial charge in [-0.2, -0.15) is 0 Å². The fraction of sp³-hybridized carbons (Fsp3) is 0.412. The van der Waals surface area contributed by atoms with E-state index in [-0.39, 0.29) is 11.7 Å². The lowest BCUT2D eigenvalue weighted by Gasteiger charge is -2.32. The first-order valence-electron chi connectivity index (χ1n) is 7.57. The summed E-state index contributed by atoms with van der Waals surface area (Å²) in [4.78, 5) is 13.9. The number of thiocarbonyl (C=S) groups is 1. The zero-order valence-electron chi connectivity index (χ0n) is 12.7. The number of halogens is 1. The number of nitrogens with zero attached hydrogens (tertiary/aromatic N) is 1. The van der Waals surface area contributed by atoms with Crippen LogP contribution < -0.4 is 5.32 Å². The van der Waals surface area contributed by atoms with Crippen molar-refractivity contribution in [3.8, 4) is 0 Å². The summed E-state index contributed by atoms with van der Waals surface area (Å²) in [6.07, 6.45) is 9.01. The molecule has 0 aliphatic heterocycles. The lowest BCUT2D eigenvalue weighted by molar-refractivity contribution is -0.115. The summed E-state index contributed by atoms with van der Waals surface area (Å²) in [5.41, 5.74) is 0.767.